The SMILES string of the molecule is O=C(NC1CCCC1)c1ccc2c(c1)NC(=O)C(CSCc1cccc(F)c1)N2. The molecule has 0 bridgehead atoms. The normalized spacial score (nSPS) is 18.7. The Morgan fingerprint density at radius 2 is 1.97 bits per heavy atom. The molecule has 1 unspecified atom stereocenters. The van der Waals surface area contributed by atoms with E-state index in [4.69, 9.17) is 0 Å². The molecule has 3 N–H and O–H groups in total. The molecular weight excluding hydrogens is 389 g/mol. The van der Waals surface area contributed by atoms with E-state index in [1.807, 2.05) is 12.1 Å². The van der Waals surface area contributed by atoms with Gasteiger partial charge in [0.05, 0.1) is 11.4 Å². The summed E-state index contributed by atoms with van der Waals surface area (Å²) in [6.45, 7) is 0. The maximum Gasteiger partial charge on any atom is 0.251 e. The highest BCUT2D eigenvalue weighted by Crippen LogP contribution is 2.29. The lowest BCUT2D eigenvalue weighted by atomic mass is 10.1. The zero-order chi connectivity index (χ0) is 20.2. The van der Waals surface area contributed by atoms with Gasteiger partial charge in [-0.2, -0.15) is 11.8 Å². The van der Waals surface area contributed by atoms with Gasteiger partial charge in [-0.15, -0.1) is 0 Å². The smallest absolute Gasteiger partial charge is 0.251 e. The number of benzene rings is 2. The van der Waals surface area contributed by atoms with Crippen LogP contribution in [0.15, 0.2) is 42.5 Å². The predicted octanol–water partition coefficient (Wildman–Crippen LogP) is 4.16. The first-order chi connectivity index (χ1) is 14.1. The van der Waals surface area contributed by atoms with Crippen molar-refractivity contribution >= 4 is 35.0 Å². The minimum atomic E-state index is -0.376. The summed E-state index contributed by atoms with van der Waals surface area (Å²) in [5.41, 5.74) is 2.88. The number of rotatable bonds is 6. The van der Waals surface area contributed by atoms with Crippen molar-refractivity contribution in [1.82, 2.24) is 5.32 Å². The standard InChI is InChI=1S/C22H24FN3O2S/c23-16-5-3-4-14(10-16)12-29-13-20-22(28)26-19-11-15(8-9-18(19)25-20)21(27)24-17-6-1-2-7-17/h3-5,8-11,17,20,25H,1-2,6-7,12-13H2,(H,24,27)(H,26,28). The van der Waals surface area contributed by atoms with Gasteiger partial charge in [0.25, 0.3) is 5.91 Å². The highest BCUT2D eigenvalue weighted by molar-refractivity contribution is 7.98. The average molecular weight is 414 g/mol. The van der Waals surface area contributed by atoms with Gasteiger partial charge in [0.2, 0.25) is 5.91 Å². The van der Waals surface area contributed by atoms with Crippen LogP contribution in [0.2, 0.25) is 0 Å². The van der Waals surface area contributed by atoms with Crippen LogP contribution in [-0.2, 0) is 10.5 Å². The second-order valence-electron chi connectivity index (χ2n) is 7.55. The number of carbonyl (C=O) groups excluding carboxylic acids is 2. The number of hydrogen-bond donors (Lipinski definition) is 3. The van der Waals surface area contributed by atoms with Gasteiger partial charge in [-0.1, -0.05) is 25.0 Å². The van der Waals surface area contributed by atoms with Crippen LogP contribution in [0.25, 0.3) is 0 Å². The maximum atomic E-state index is 13.3. The molecule has 0 spiro atoms. The number of thioether (sulfide) groups is 1. The van der Waals surface area contributed by atoms with E-state index in [1.165, 1.54) is 12.1 Å². The van der Waals surface area contributed by atoms with E-state index in [0.717, 1.165) is 36.9 Å². The quantitative estimate of drug-likeness (QED) is 0.665. The highest BCUT2D eigenvalue weighted by atomic mass is 32.2. The average Bonchev–Trinajstić information content (AvgIpc) is 3.21. The Balaban J connectivity index is 1.35. The summed E-state index contributed by atoms with van der Waals surface area (Å²) in [6, 6.07) is 11.7. The van der Waals surface area contributed by atoms with E-state index < -0.39 is 0 Å². The van der Waals surface area contributed by atoms with Crippen LogP contribution < -0.4 is 16.0 Å². The lowest BCUT2D eigenvalue weighted by Gasteiger charge is -2.27. The van der Waals surface area contributed by atoms with Crippen LogP contribution in [0.5, 0.6) is 0 Å². The van der Waals surface area contributed by atoms with E-state index in [2.05, 4.69) is 16.0 Å². The summed E-state index contributed by atoms with van der Waals surface area (Å²) in [5.74, 6) is 0.722. The molecule has 1 fully saturated rings. The second-order valence-corrected chi connectivity index (χ2v) is 8.58. The van der Waals surface area contributed by atoms with Crippen LogP contribution in [0.1, 0.15) is 41.6 Å². The molecule has 4 rings (SSSR count). The van der Waals surface area contributed by atoms with Crippen molar-refractivity contribution in [3.05, 3.63) is 59.4 Å². The van der Waals surface area contributed by atoms with Crippen molar-refractivity contribution < 1.29 is 14.0 Å². The number of fused-ring (bicyclic) bond motifs is 1. The molecular formula is C22H24FN3O2S. The third kappa shape index (κ3) is 4.90. The molecule has 2 aromatic carbocycles. The Morgan fingerprint density at radius 1 is 1.14 bits per heavy atom. The van der Waals surface area contributed by atoms with E-state index in [0.29, 0.717) is 22.8 Å². The van der Waals surface area contributed by atoms with Crippen molar-refractivity contribution in [2.75, 3.05) is 16.4 Å². The number of carbonyl (C=O) groups is 2. The number of anilines is 2. The summed E-state index contributed by atoms with van der Waals surface area (Å²) in [4.78, 5) is 24.9. The molecule has 1 heterocycles. The monoisotopic (exact) mass is 413 g/mol. The number of amides is 2. The first-order valence-electron chi connectivity index (χ1n) is 9.93. The minimum absolute atomic E-state index is 0.0956. The van der Waals surface area contributed by atoms with E-state index in [1.54, 1.807) is 30.0 Å². The number of halogens is 1. The van der Waals surface area contributed by atoms with E-state index in [-0.39, 0.29) is 29.7 Å². The van der Waals surface area contributed by atoms with Crippen LogP contribution in [0.3, 0.4) is 0 Å². The number of nitrogens with one attached hydrogen (secondary N) is 3. The molecule has 7 heteroatoms. The Hall–Kier alpha value is -2.54. The minimum Gasteiger partial charge on any atom is -0.371 e. The molecule has 0 radical (unpaired) electrons. The lowest BCUT2D eigenvalue weighted by molar-refractivity contribution is -0.116. The highest BCUT2D eigenvalue weighted by Gasteiger charge is 2.26. The molecule has 1 aliphatic heterocycles. The third-order valence-electron chi connectivity index (χ3n) is 5.32. The molecule has 2 amide bonds. The molecule has 0 saturated heterocycles. The molecule has 1 aliphatic carbocycles. The third-order valence-corrected chi connectivity index (χ3v) is 6.43. The number of hydrogen-bond acceptors (Lipinski definition) is 4. The molecule has 2 aliphatic rings. The molecule has 0 aromatic heterocycles. The van der Waals surface area contributed by atoms with Crippen molar-refractivity contribution in [1.29, 1.82) is 0 Å². The van der Waals surface area contributed by atoms with Crippen LogP contribution in [-0.4, -0.2) is 29.7 Å². The summed E-state index contributed by atoms with van der Waals surface area (Å²) < 4.78 is 13.3. The largest absolute Gasteiger partial charge is 0.371 e. The van der Waals surface area contributed by atoms with Crippen molar-refractivity contribution in [2.45, 2.75) is 43.5 Å². The first-order valence-corrected chi connectivity index (χ1v) is 11.1. The van der Waals surface area contributed by atoms with Crippen LogP contribution >= 0.6 is 11.8 Å². The Morgan fingerprint density at radius 3 is 2.76 bits per heavy atom. The first kappa shape index (κ1) is 19.8. The fourth-order valence-electron chi connectivity index (χ4n) is 3.77. The van der Waals surface area contributed by atoms with Gasteiger partial charge in [-0.25, -0.2) is 4.39 Å². The fraction of sp³-hybridized carbons (Fsp3) is 0.364. The zero-order valence-electron chi connectivity index (χ0n) is 16.0. The lowest BCUT2D eigenvalue weighted by Crippen LogP contribution is -2.41. The van der Waals surface area contributed by atoms with E-state index >= 15 is 0 Å². The molecule has 2 aromatic rings. The zero-order valence-corrected chi connectivity index (χ0v) is 16.9. The topological polar surface area (TPSA) is 70.2 Å². The summed E-state index contributed by atoms with van der Waals surface area (Å²) in [7, 11) is 0. The molecule has 1 atom stereocenters. The predicted molar refractivity (Wildman–Crippen MR) is 115 cm³/mol. The van der Waals surface area contributed by atoms with Gasteiger partial charge in [-0.05, 0) is 48.7 Å². The Kier molecular flexibility index (Phi) is 6.04. The Bertz CT molecular complexity index is 915. The molecule has 152 valence electrons. The molecule has 5 nitrogen and oxygen atoms in total. The summed E-state index contributed by atoms with van der Waals surface area (Å²) in [6.07, 6.45) is 4.38. The van der Waals surface area contributed by atoms with Gasteiger partial charge in [-0.3, -0.25) is 9.59 Å². The second kappa shape index (κ2) is 8.86. The van der Waals surface area contributed by atoms with Crippen molar-refractivity contribution in [3.63, 3.8) is 0 Å². The summed E-state index contributed by atoms with van der Waals surface area (Å²) >= 11 is 1.57. The fourth-order valence-corrected chi connectivity index (χ4v) is 4.77. The van der Waals surface area contributed by atoms with Crippen molar-refractivity contribution in [3.8, 4) is 0 Å². The summed E-state index contributed by atoms with van der Waals surface area (Å²) in [5, 5.41) is 9.21. The molecule has 29 heavy (non-hydrogen) atoms. The van der Waals surface area contributed by atoms with Gasteiger partial charge >= 0.3 is 0 Å². The van der Waals surface area contributed by atoms with Crippen LogP contribution in [0.4, 0.5) is 15.8 Å². The molecule has 1 saturated carbocycles. The van der Waals surface area contributed by atoms with Crippen LogP contribution in [0, 0.1) is 5.82 Å². The van der Waals surface area contributed by atoms with Gasteiger partial charge in [0.15, 0.2) is 0 Å². The van der Waals surface area contributed by atoms with Crippen molar-refractivity contribution in [2.24, 2.45) is 0 Å². The Labute approximate surface area is 173 Å². The maximum absolute atomic E-state index is 13.3. The van der Waals surface area contributed by atoms with E-state index in [9.17, 15) is 14.0 Å². The van der Waals surface area contributed by atoms with Gasteiger partial charge in [0.1, 0.15) is 11.9 Å². The van der Waals surface area contributed by atoms with Gasteiger partial charge in [0, 0.05) is 23.1 Å². The van der Waals surface area contributed by atoms with Gasteiger partial charge < -0.3 is 16.0 Å².